The molecule has 4 aromatic carbocycles. The summed E-state index contributed by atoms with van der Waals surface area (Å²) in [6, 6.07) is 31.9. The van der Waals surface area contributed by atoms with Gasteiger partial charge in [-0.15, -0.1) is 0 Å². The van der Waals surface area contributed by atoms with Gasteiger partial charge in [0.1, 0.15) is 5.82 Å². The minimum atomic E-state index is 0.113. The normalized spacial score (nSPS) is 15.4. The third-order valence-electron chi connectivity index (χ3n) is 7.08. The summed E-state index contributed by atoms with van der Waals surface area (Å²) in [5.41, 5.74) is 5.47. The van der Waals surface area contributed by atoms with Crippen LogP contribution < -0.4 is 0 Å². The zero-order valence-corrected chi connectivity index (χ0v) is 19.7. The van der Waals surface area contributed by atoms with Crippen LogP contribution in [0.15, 0.2) is 122 Å². The molecule has 2 heterocycles. The third-order valence-corrected chi connectivity index (χ3v) is 7.08. The number of rotatable bonds is 3. The van der Waals surface area contributed by atoms with Gasteiger partial charge in [0, 0.05) is 34.6 Å². The Morgan fingerprint density at radius 3 is 2.28 bits per heavy atom. The Morgan fingerprint density at radius 2 is 1.47 bits per heavy atom. The van der Waals surface area contributed by atoms with Gasteiger partial charge < -0.3 is 0 Å². The van der Waals surface area contributed by atoms with Crippen LogP contribution in [-0.2, 0) is 0 Å². The van der Waals surface area contributed by atoms with Gasteiger partial charge in [0.25, 0.3) is 0 Å². The molecule has 1 aliphatic rings. The molecule has 0 radical (unpaired) electrons. The molecule has 0 saturated carbocycles. The maximum absolute atomic E-state index is 5.25. The third kappa shape index (κ3) is 3.48. The van der Waals surface area contributed by atoms with Crippen LogP contribution in [0.5, 0.6) is 0 Å². The van der Waals surface area contributed by atoms with E-state index >= 15 is 0 Å². The van der Waals surface area contributed by atoms with Crippen molar-refractivity contribution in [2.24, 2.45) is 0 Å². The SMILES string of the molecule is C1=CC(c2nc(-c3cccc4ccccc34)c3ccc4ccccc4c3n2)CC=C1c1cccnc1. The van der Waals surface area contributed by atoms with Crippen molar-refractivity contribution in [1.29, 1.82) is 0 Å². The molecule has 7 rings (SSSR count). The molecule has 170 valence electrons. The second-order valence-electron chi connectivity index (χ2n) is 9.24. The van der Waals surface area contributed by atoms with Crippen LogP contribution in [0.4, 0.5) is 0 Å². The Kier molecular flexibility index (Phi) is 4.92. The molecule has 6 aromatic rings. The summed E-state index contributed by atoms with van der Waals surface area (Å²) in [4.78, 5) is 14.7. The fraction of sp³-hybridized carbons (Fsp3) is 0.0606. The lowest BCUT2D eigenvalue weighted by atomic mass is 9.92. The highest BCUT2D eigenvalue weighted by Crippen LogP contribution is 2.37. The van der Waals surface area contributed by atoms with Crippen molar-refractivity contribution < 1.29 is 0 Å². The van der Waals surface area contributed by atoms with Crippen LogP contribution in [0.1, 0.15) is 23.7 Å². The number of nitrogens with zero attached hydrogens (tertiary/aromatic N) is 3. The van der Waals surface area contributed by atoms with Crippen molar-refractivity contribution in [2.45, 2.75) is 12.3 Å². The molecule has 36 heavy (non-hydrogen) atoms. The molecule has 2 aromatic heterocycles. The molecule has 0 aliphatic heterocycles. The smallest absolute Gasteiger partial charge is 0.136 e. The quantitative estimate of drug-likeness (QED) is 0.250. The number of pyridine rings is 1. The molecule has 0 amide bonds. The van der Waals surface area contributed by atoms with Gasteiger partial charge in [0.05, 0.1) is 11.2 Å². The van der Waals surface area contributed by atoms with E-state index < -0.39 is 0 Å². The molecule has 1 aliphatic carbocycles. The fourth-order valence-corrected chi connectivity index (χ4v) is 5.24. The van der Waals surface area contributed by atoms with Crippen molar-refractivity contribution in [3.63, 3.8) is 0 Å². The molecule has 1 unspecified atom stereocenters. The van der Waals surface area contributed by atoms with Gasteiger partial charge in [-0.05, 0) is 45.8 Å². The number of aromatic nitrogens is 3. The van der Waals surface area contributed by atoms with Crippen LogP contribution in [-0.4, -0.2) is 15.0 Å². The van der Waals surface area contributed by atoms with Crippen molar-refractivity contribution in [1.82, 2.24) is 15.0 Å². The van der Waals surface area contributed by atoms with Gasteiger partial charge in [0.2, 0.25) is 0 Å². The molecular weight excluding hydrogens is 438 g/mol. The summed E-state index contributed by atoms with van der Waals surface area (Å²) in [6.07, 6.45) is 11.3. The van der Waals surface area contributed by atoms with Crippen LogP contribution >= 0.6 is 0 Å². The highest BCUT2D eigenvalue weighted by Gasteiger charge is 2.20. The molecular formula is C33H23N3. The molecule has 0 bridgehead atoms. The van der Waals surface area contributed by atoms with Gasteiger partial charge >= 0.3 is 0 Å². The maximum Gasteiger partial charge on any atom is 0.136 e. The van der Waals surface area contributed by atoms with Crippen molar-refractivity contribution in [3.05, 3.63) is 133 Å². The monoisotopic (exact) mass is 461 g/mol. The van der Waals surface area contributed by atoms with Gasteiger partial charge in [0.15, 0.2) is 0 Å². The Labute approximate surface area is 209 Å². The number of hydrogen-bond acceptors (Lipinski definition) is 3. The summed E-state index contributed by atoms with van der Waals surface area (Å²) in [6.45, 7) is 0. The van der Waals surface area contributed by atoms with E-state index in [4.69, 9.17) is 9.97 Å². The summed E-state index contributed by atoms with van der Waals surface area (Å²) >= 11 is 0. The number of allylic oxidation sites excluding steroid dienone is 4. The lowest BCUT2D eigenvalue weighted by molar-refractivity contribution is 0.784. The first-order valence-corrected chi connectivity index (χ1v) is 12.3. The van der Waals surface area contributed by atoms with E-state index in [0.29, 0.717) is 0 Å². The minimum absolute atomic E-state index is 0.113. The van der Waals surface area contributed by atoms with Crippen molar-refractivity contribution >= 4 is 38.0 Å². The number of benzene rings is 4. The molecule has 0 fully saturated rings. The molecule has 3 nitrogen and oxygen atoms in total. The zero-order valence-electron chi connectivity index (χ0n) is 19.7. The molecule has 0 spiro atoms. The first kappa shape index (κ1) is 20.7. The summed E-state index contributed by atoms with van der Waals surface area (Å²) < 4.78 is 0. The van der Waals surface area contributed by atoms with E-state index in [1.54, 1.807) is 0 Å². The van der Waals surface area contributed by atoms with Crippen molar-refractivity contribution in [3.8, 4) is 11.3 Å². The second kappa shape index (κ2) is 8.54. The van der Waals surface area contributed by atoms with E-state index in [1.807, 2.05) is 18.5 Å². The molecule has 3 heteroatoms. The standard InChI is InChI=1S/C33H23N3/c1-3-11-27-23(7-1)9-5-13-29(27)32-30-19-18-24-8-2-4-12-28(24)31(30)35-33(36-32)25-16-14-22(15-17-25)26-10-6-20-34-21-26/h1-16,18-21,25H,17H2. The van der Waals surface area contributed by atoms with Crippen molar-refractivity contribution in [2.75, 3.05) is 0 Å². The van der Waals surface area contributed by atoms with Crippen LogP contribution in [0, 0.1) is 0 Å². The molecule has 0 saturated heterocycles. The van der Waals surface area contributed by atoms with E-state index in [2.05, 4.69) is 108 Å². The predicted octanol–water partition coefficient (Wildman–Crippen LogP) is 8.13. The Bertz CT molecular complexity index is 1810. The minimum Gasteiger partial charge on any atom is -0.264 e. The van der Waals surface area contributed by atoms with Gasteiger partial charge in [-0.1, -0.05) is 97.1 Å². The van der Waals surface area contributed by atoms with E-state index in [9.17, 15) is 0 Å². The Hall–Kier alpha value is -4.63. The summed E-state index contributed by atoms with van der Waals surface area (Å²) in [5.74, 6) is 0.974. The average Bonchev–Trinajstić information content (AvgIpc) is 2.97. The molecule has 1 atom stereocenters. The topological polar surface area (TPSA) is 38.7 Å². The second-order valence-corrected chi connectivity index (χ2v) is 9.24. The van der Waals surface area contributed by atoms with Gasteiger partial charge in [-0.25, -0.2) is 9.97 Å². The Balaban J connectivity index is 1.43. The van der Waals surface area contributed by atoms with E-state index in [1.165, 1.54) is 21.7 Å². The fourth-order valence-electron chi connectivity index (χ4n) is 5.24. The molecule has 0 N–H and O–H groups in total. The first-order valence-electron chi connectivity index (χ1n) is 12.3. The average molecular weight is 462 g/mol. The van der Waals surface area contributed by atoms with Crippen LogP contribution in [0.2, 0.25) is 0 Å². The lowest BCUT2D eigenvalue weighted by Crippen LogP contribution is -2.06. The van der Waals surface area contributed by atoms with Crippen LogP contribution in [0.3, 0.4) is 0 Å². The summed E-state index contributed by atoms with van der Waals surface area (Å²) in [7, 11) is 0. The zero-order chi connectivity index (χ0) is 23.9. The number of hydrogen-bond donors (Lipinski definition) is 0. The van der Waals surface area contributed by atoms with E-state index in [-0.39, 0.29) is 5.92 Å². The van der Waals surface area contributed by atoms with E-state index in [0.717, 1.165) is 45.4 Å². The summed E-state index contributed by atoms with van der Waals surface area (Å²) in [5, 5.41) is 5.85. The maximum atomic E-state index is 5.25. The van der Waals surface area contributed by atoms with Gasteiger partial charge in [-0.2, -0.15) is 0 Å². The predicted molar refractivity (Wildman–Crippen MR) is 149 cm³/mol. The lowest BCUT2D eigenvalue weighted by Gasteiger charge is -2.18. The largest absolute Gasteiger partial charge is 0.264 e. The highest BCUT2D eigenvalue weighted by molar-refractivity contribution is 6.11. The van der Waals surface area contributed by atoms with Gasteiger partial charge in [-0.3, -0.25) is 4.98 Å². The number of fused-ring (bicyclic) bond motifs is 4. The van der Waals surface area contributed by atoms with Crippen LogP contribution in [0.25, 0.3) is 49.3 Å². The highest BCUT2D eigenvalue weighted by atomic mass is 14.9. The Morgan fingerprint density at radius 1 is 0.667 bits per heavy atom. The first-order chi connectivity index (χ1) is 17.8.